The highest BCUT2D eigenvalue weighted by atomic mass is 35.5. The summed E-state index contributed by atoms with van der Waals surface area (Å²) in [6.45, 7) is 0.258. The molecule has 1 aliphatic carbocycles. The number of hydrogen-bond donors (Lipinski definition) is 3. The molecule has 3 rings (SSSR count). The van der Waals surface area contributed by atoms with Gasteiger partial charge in [-0.2, -0.15) is 13.2 Å². The number of carbonyl (C=O) groups excluding carboxylic acids is 3. The van der Waals surface area contributed by atoms with Crippen molar-refractivity contribution in [3.8, 4) is 0 Å². The minimum Gasteiger partial charge on any atom is -0.466 e. The second-order valence-electron chi connectivity index (χ2n) is 9.94. The standard InChI is InChI=1S/C29H30ClF5N4O4/c1-2-43-28(42)17-6-8-20(9-7-17)38-26(29(33,34)35)21(13-36)27(41)39(14-16-10-18(31)12-19(32)11-16)15-24(40)25-22(30)4-3-5-23(25)37/h3-5,10-13,17,20,36,38H,2,6-9,14-15,37H2,1H3/b26-21+,36-13?/t17-,20-. The van der Waals surface area contributed by atoms with Gasteiger partial charge in [0, 0.05) is 30.6 Å². The molecule has 2 aromatic carbocycles. The van der Waals surface area contributed by atoms with Gasteiger partial charge in [0.2, 0.25) is 0 Å². The van der Waals surface area contributed by atoms with Crippen LogP contribution in [-0.4, -0.2) is 54.1 Å². The molecule has 0 spiro atoms. The monoisotopic (exact) mass is 628 g/mol. The number of nitrogens with two attached hydrogens (primary N) is 1. The van der Waals surface area contributed by atoms with Crippen LogP contribution in [0.5, 0.6) is 0 Å². The van der Waals surface area contributed by atoms with E-state index >= 15 is 0 Å². The number of hydrogen-bond acceptors (Lipinski definition) is 7. The van der Waals surface area contributed by atoms with E-state index in [4.69, 9.17) is 27.5 Å². The Morgan fingerprint density at radius 3 is 2.28 bits per heavy atom. The zero-order valence-electron chi connectivity index (χ0n) is 23.1. The van der Waals surface area contributed by atoms with E-state index < -0.39 is 71.8 Å². The third-order valence-corrected chi connectivity index (χ3v) is 7.18. The van der Waals surface area contributed by atoms with Gasteiger partial charge in [0.15, 0.2) is 5.78 Å². The molecule has 0 aliphatic heterocycles. The Kier molecular flexibility index (Phi) is 11.3. The highest BCUT2D eigenvalue weighted by molar-refractivity contribution is 6.35. The van der Waals surface area contributed by atoms with E-state index in [0.29, 0.717) is 11.0 Å². The van der Waals surface area contributed by atoms with Crippen molar-refractivity contribution in [3.05, 3.63) is 75.5 Å². The van der Waals surface area contributed by atoms with Gasteiger partial charge in [-0.3, -0.25) is 14.4 Å². The maximum atomic E-state index is 14.3. The molecule has 8 nitrogen and oxygen atoms in total. The van der Waals surface area contributed by atoms with Crippen LogP contribution in [0, 0.1) is 23.0 Å². The minimum absolute atomic E-state index is 0.0550. The molecule has 0 aromatic heterocycles. The van der Waals surface area contributed by atoms with Gasteiger partial charge < -0.3 is 26.1 Å². The first-order valence-corrected chi connectivity index (χ1v) is 13.7. The van der Waals surface area contributed by atoms with Crippen molar-refractivity contribution < 1.29 is 41.1 Å². The number of anilines is 1. The molecule has 0 saturated heterocycles. The number of nitrogens with zero attached hydrogens (tertiary/aromatic N) is 1. The summed E-state index contributed by atoms with van der Waals surface area (Å²) in [6, 6.07) is 5.66. The lowest BCUT2D eigenvalue weighted by Gasteiger charge is -2.31. The Balaban J connectivity index is 1.98. The number of Topliss-reactive ketones (excluding diaryl/α,β-unsaturated/α-hetero) is 1. The second-order valence-corrected chi connectivity index (χ2v) is 10.3. The second kappa shape index (κ2) is 14.5. The van der Waals surface area contributed by atoms with Crippen molar-refractivity contribution >= 4 is 41.2 Å². The van der Waals surface area contributed by atoms with Crippen molar-refractivity contribution in [3.63, 3.8) is 0 Å². The van der Waals surface area contributed by atoms with Crippen LogP contribution in [-0.2, 0) is 20.9 Å². The fourth-order valence-corrected chi connectivity index (χ4v) is 5.16. The lowest BCUT2D eigenvalue weighted by Crippen LogP contribution is -2.43. The van der Waals surface area contributed by atoms with Gasteiger partial charge in [0.25, 0.3) is 5.91 Å². The summed E-state index contributed by atoms with van der Waals surface area (Å²) in [4.78, 5) is 39.5. The van der Waals surface area contributed by atoms with Crippen LogP contribution in [0.3, 0.4) is 0 Å². The predicted molar refractivity (Wildman–Crippen MR) is 149 cm³/mol. The average Bonchev–Trinajstić information content (AvgIpc) is 2.91. The van der Waals surface area contributed by atoms with Gasteiger partial charge in [-0.1, -0.05) is 17.7 Å². The third-order valence-electron chi connectivity index (χ3n) is 6.87. The van der Waals surface area contributed by atoms with Crippen LogP contribution in [0.15, 0.2) is 47.7 Å². The van der Waals surface area contributed by atoms with Crippen LogP contribution in [0.2, 0.25) is 5.02 Å². The molecule has 43 heavy (non-hydrogen) atoms. The molecule has 232 valence electrons. The van der Waals surface area contributed by atoms with Crippen molar-refractivity contribution in [2.24, 2.45) is 5.92 Å². The third kappa shape index (κ3) is 8.76. The molecule has 14 heteroatoms. The number of halogens is 6. The normalized spacial score (nSPS) is 17.5. The molecule has 0 bridgehead atoms. The van der Waals surface area contributed by atoms with Crippen molar-refractivity contribution in [2.75, 3.05) is 18.9 Å². The number of benzene rings is 2. The van der Waals surface area contributed by atoms with Gasteiger partial charge >= 0.3 is 12.1 Å². The fourth-order valence-electron chi connectivity index (χ4n) is 4.87. The van der Waals surface area contributed by atoms with Crippen molar-refractivity contribution in [1.82, 2.24) is 10.2 Å². The largest absolute Gasteiger partial charge is 0.466 e. The number of alkyl halides is 3. The lowest BCUT2D eigenvalue weighted by molar-refractivity contribution is -0.149. The molecular weight excluding hydrogens is 599 g/mol. The van der Waals surface area contributed by atoms with E-state index in [1.54, 1.807) is 6.92 Å². The summed E-state index contributed by atoms with van der Waals surface area (Å²) in [5, 5.41) is 9.97. The summed E-state index contributed by atoms with van der Waals surface area (Å²) < 4.78 is 75.9. The molecule has 0 atom stereocenters. The Hall–Kier alpha value is -4.00. The van der Waals surface area contributed by atoms with E-state index in [1.165, 1.54) is 18.2 Å². The molecule has 1 fully saturated rings. The van der Waals surface area contributed by atoms with Crippen molar-refractivity contribution in [1.29, 1.82) is 5.41 Å². The van der Waals surface area contributed by atoms with Crippen LogP contribution >= 0.6 is 11.6 Å². The summed E-state index contributed by atoms with van der Waals surface area (Å²) in [5.41, 5.74) is 2.81. The Bertz CT molecular complexity index is 1370. The molecular formula is C29H30ClF5N4O4. The molecule has 0 heterocycles. The van der Waals surface area contributed by atoms with Crippen molar-refractivity contribution in [2.45, 2.75) is 51.4 Å². The number of nitrogen functional groups attached to an aromatic ring is 1. The number of carbonyl (C=O) groups is 3. The summed E-state index contributed by atoms with van der Waals surface area (Å²) >= 11 is 6.11. The minimum atomic E-state index is -5.13. The smallest absolute Gasteiger partial charge is 0.431 e. The maximum Gasteiger partial charge on any atom is 0.431 e. The topological polar surface area (TPSA) is 126 Å². The van der Waals surface area contributed by atoms with Gasteiger partial charge in [-0.15, -0.1) is 0 Å². The van der Waals surface area contributed by atoms with Crippen LogP contribution in [0.1, 0.15) is 48.5 Å². The Morgan fingerprint density at radius 2 is 1.74 bits per heavy atom. The number of esters is 1. The number of nitrogens with one attached hydrogen (secondary N) is 2. The summed E-state index contributed by atoms with van der Waals surface area (Å²) in [6.07, 6.45) is -4.12. The van der Waals surface area contributed by atoms with E-state index in [0.717, 1.165) is 12.1 Å². The van der Waals surface area contributed by atoms with Crippen LogP contribution < -0.4 is 11.1 Å². The maximum absolute atomic E-state index is 14.3. The Morgan fingerprint density at radius 1 is 1.12 bits per heavy atom. The van der Waals surface area contributed by atoms with E-state index in [2.05, 4.69) is 5.32 Å². The van der Waals surface area contributed by atoms with E-state index in [9.17, 15) is 36.3 Å². The first kappa shape index (κ1) is 33.5. The number of rotatable bonds is 11. The van der Waals surface area contributed by atoms with Gasteiger partial charge in [0.1, 0.15) is 17.3 Å². The van der Waals surface area contributed by atoms with Gasteiger partial charge in [-0.05, 0) is 62.4 Å². The molecule has 4 N–H and O–H groups in total. The Labute approximate surface area is 249 Å². The number of amides is 1. The average molecular weight is 629 g/mol. The summed E-state index contributed by atoms with van der Waals surface area (Å²) in [5.74, 6) is -5.18. The quantitative estimate of drug-likeness (QED) is 0.0744. The van der Waals surface area contributed by atoms with E-state index in [-0.39, 0.29) is 60.3 Å². The number of allylic oxidation sites excluding steroid dienone is 1. The lowest BCUT2D eigenvalue weighted by atomic mass is 9.86. The highest BCUT2D eigenvalue weighted by Gasteiger charge is 2.41. The molecule has 0 unspecified atom stereocenters. The van der Waals surface area contributed by atoms with Crippen LogP contribution in [0.4, 0.5) is 27.6 Å². The number of ketones is 1. The zero-order valence-corrected chi connectivity index (χ0v) is 23.8. The SMILES string of the molecule is CCOC(=O)[C@H]1CC[C@H](N/C(=C(\C=N)C(=O)N(CC(=O)c2c(N)cccc2Cl)Cc2cc(F)cc(F)c2)C(F)(F)F)CC1. The summed E-state index contributed by atoms with van der Waals surface area (Å²) in [7, 11) is 0. The predicted octanol–water partition coefficient (Wildman–Crippen LogP) is 5.59. The molecule has 2 aromatic rings. The fraction of sp³-hybridized carbons (Fsp3) is 0.379. The first-order valence-electron chi connectivity index (χ1n) is 13.3. The van der Waals surface area contributed by atoms with Crippen LogP contribution in [0.25, 0.3) is 0 Å². The van der Waals surface area contributed by atoms with E-state index in [1.807, 2.05) is 0 Å². The molecule has 1 amide bonds. The highest BCUT2D eigenvalue weighted by Crippen LogP contribution is 2.32. The zero-order chi connectivity index (χ0) is 31.9. The molecule has 1 saturated carbocycles. The molecule has 1 aliphatic rings. The van der Waals surface area contributed by atoms with Gasteiger partial charge in [-0.25, -0.2) is 8.78 Å². The number of ether oxygens (including phenoxy) is 1. The molecule has 0 radical (unpaired) electrons. The van der Waals surface area contributed by atoms with Gasteiger partial charge in [0.05, 0.1) is 35.2 Å². The first-order chi connectivity index (χ1) is 20.2.